The summed E-state index contributed by atoms with van der Waals surface area (Å²) in [5, 5.41) is -0.213. The van der Waals surface area contributed by atoms with Gasteiger partial charge in [-0.3, -0.25) is 9.36 Å². The summed E-state index contributed by atoms with van der Waals surface area (Å²) in [5.41, 5.74) is 7.15. The van der Waals surface area contributed by atoms with Crippen LogP contribution < -0.4 is 0 Å². The van der Waals surface area contributed by atoms with Gasteiger partial charge in [-0.15, -0.1) is 34.9 Å². The van der Waals surface area contributed by atoms with Crippen LogP contribution in [0.3, 0.4) is 0 Å². The minimum atomic E-state index is -0.213. The van der Waals surface area contributed by atoms with Crippen LogP contribution >= 0.6 is 34.9 Å². The first kappa shape index (κ1) is 27.9. The third-order valence-corrected chi connectivity index (χ3v) is 10.3. The molecule has 0 spiro atoms. The average Bonchev–Trinajstić information content (AvgIpc) is 3.52. The molecule has 0 N–H and O–H groups in total. The van der Waals surface area contributed by atoms with Crippen molar-refractivity contribution < 1.29 is 4.79 Å². The van der Waals surface area contributed by atoms with Crippen LogP contribution in [-0.4, -0.2) is 26.5 Å². The van der Waals surface area contributed by atoms with Gasteiger partial charge < -0.3 is 4.57 Å². The van der Waals surface area contributed by atoms with E-state index in [1.165, 1.54) is 43.7 Å². The van der Waals surface area contributed by atoms with Crippen molar-refractivity contribution in [3.8, 4) is 0 Å². The van der Waals surface area contributed by atoms with Crippen molar-refractivity contribution in [2.75, 3.05) is 6.26 Å². The summed E-state index contributed by atoms with van der Waals surface area (Å²) >= 11 is 5.12. The second-order valence-electron chi connectivity index (χ2n) is 9.84. The first-order chi connectivity index (χ1) is 17.6. The number of allylic oxidation sites excluding steroid dienone is 6. The maximum atomic E-state index is 13.8. The molecule has 1 aliphatic rings. The third-order valence-electron chi connectivity index (χ3n) is 7.39. The Hall–Kier alpha value is -2.15. The highest BCUT2D eigenvalue weighted by molar-refractivity contribution is 8.04. The van der Waals surface area contributed by atoms with Gasteiger partial charge in [0.15, 0.2) is 0 Å². The molecule has 3 atom stereocenters. The zero-order valence-electron chi connectivity index (χ0n) is 23.2. The molecular formula is C31H38N2OS3. The van der Waals surface area contributed by atoms with Crippen molar-refractivity contribution in [3.63, 3.8) is 0 Å². The highest BCUT2D eigenvalue weighted by Crippen LogP contribution is 2.44. The minimum absolute atomic E-state index is 0.0985. The number of fused-ring (bicyclic) bond motifs is 1. The lowest BCUT2D eigenvalue weighted by atomic mass is 9.77. The Kier molecular flexibility index (Phi) is 8.51. The molecule has 3 aromatic heterocycles. The van der Waals surface area contributed by atoms with E-state index in [0.29, 0.717) is 5.92 Å². The predicted molar refractivity (Wildman–Crippen MR) is 168 cm³/mol. The Morgan fingerprint density at radius 1 is 1.16 bits per heavy atom. The molecular weight excluding hydrogens is 513 g/mol. The molecule has 0 saturated heterocycles. The maximum Gasteiger partial charge on any atom is 0.244 e. The van der Waals surface area contributed by atoms with E-state index in [4.69, 9.17) is 0 Å². The van der Waals surface area contributed by atoms with Gasteiger partial charge in [0, 0.05) is 22.5 Å². The summed E-state index contributed by atoms with van der Waals surface area (Å²) < 4.78 is 5.65. The number of aryl methyl sites for hydroxylation is 2. The largest absolute Gasteiger partial charge is 0.343 e. The zero-order chi connectivity index (χ0) is 27.0. The molecule has 0 bridgehead atoms. The Labute approximate surface area is 234 Å². The van der Waals surface area contributed by atoms with Crippen LogP contribution in [0.5, 0.6) is 0 Å². The van der Waals surface area contributed by atoms with Crippen LogP contribution in [0.2, 0.25) is 0 Å². The van der Waals surface area contributed by atoms with Crippen LogP contribution in [0.25, 0.3) is 27.4 Å². The highest BCUT2D eigenvalue weighted by Gasteiger charge is 2.32. The number of thiophene rings is 1. The molecule has 0 amide bonds. The van der Waals surface area contributed by atoms with Crippen LogP contribution in [0.4, 0.5) is 0 Å². The van der Waals surface area contributed by atoms with E-state index in [-0.39, 0.29) is 17.1 Å². The highest BCUT2D eigenvalue weighted by atomic mass is 32.2. The van der Waals surface area contributed by atoms with Crippen LogP contribution in [0, 0.1) is 11.8 Å². The predicted octanol–water partition coefficient (Wildman–Crippen LogP) is 9.41. The van der Waals surface area contributed by atoms with Crippen LogP contribution in [0.15, 0.2) is 52.8 Å². The van der Waals surface area contributed by atoms with Crippen molar-refractivity contribution in [1.82, 2.24) is 9.13 Å². The van der Waals surface area contributed by atoms with Gasteiger partial charge in [0.2, 0.25) is 5.91 Å². The SMILES string of the molecule is C=C(C)SC(C)C(=O)n1c(C2=CC=C(c3cc4sc(CC)cc4n3C)C(C)C2C)cc(SC)c1/C=C/C. The van der Waals surface area contributed by atoms with Crippen molar-refractivity contribution in [2.24, 2.45) is 18.9 Å². The molecule has 4 rings (SSSR count). The smallest absolute Gasteiger partial charge is 0.244 e. The molecule has 0 aliphatic heterocycles. The van der Waals surface area contributed by atoms with E-state index in [1.807, 2.05) is 42.8 Å². The van der Waals surface area contributed by atoms with Crippen LogP contribution in [0.1, 0.15) is 68.3 Å². The fourth-order valence-corrected chi connectivity index (χ4v) is 7.71. The van der Waals surface area contributed by atoms with Crippen molar-refractivity contribution in [1.29, 1.82) is 0 Å². The standard InChI is InChI=1S/C31H38N2OS3/c1-10-12-25-29(35-9)17-27(33(25)31(34)21(7)36-18(3)4)24-14-13-23(19(5)20(24)6)26-16-30-28(32(26)8)15-22(11-2)37-30/h10,12-17,19-21H,3,11H2,1-2,4-9H3/b12-10+. The normalized spacial score (nSPS) is 18.9. The van der Waals surface area contributed by atoms with Gasteiger partial charge in [-0.05, 0) is 85.6 Å². The van der Waals surface area contributed by atoms with E-state index >= 15 is 0 Å². The van der Waals surface area contributed by atoms with Crippen molar-refractivity contribution in [2.45, 2.75) is 58.1 Å². The van der Waals surface area contributed by atoms with Gasteiger partial charge in [-0.2, -0.15) is 0 Å². The number of hydrogen-bond donors (Lipinski definition) is 0. The molecule has 3 nitrogen and oxygen atoms in total. The second-order valence-corrected chi connectivity index (χ2v) is 13.5. The first-order valence-electron chi connectivity index (χ1n) is 12.9. The summed E-state index contributed by atoms with van der Waals surface area (Å²) in [4.78, 5) is 17.3. The van der Waals surface area contributed by atoms with Crippen molar-refractivity contribution in [3.05, 3.63) is 69.9 Å². The number of aromatic nitrogens is 2. The molecule has 1 aliphatic carbocycles. The Morgan fingerprint density at radius 2 is 1.81 bits per heavy atom. The average molecular weight is 551 g/mol. The Bertz CT molecular complexity index is 1440. The molecule has 3 aromatic rings. The fourth-order valence-electron chi connectivity index (χ4n) is 5.24. The summed E-state index contributed by atoms with van der Waals surface area (Å²) in [5.74, 6) is 0.677. The molecule has 37 heavy (non-hydrogen) atoms. The number of thioether (sulfide) groups is 2. The molecule has 0 aromatic carbocycles. The van der Waals surface area contributed by atoms with Crippen molar-refractivity contribution >= 4 is 68.2 Å². The number of nitrogens with zero attached hydrogens (tertiary/aromatic N) is 2. The monoisotopic (exact) mass is 550 g/mol. The lowest BCUT2D eigenvalue weighted by molar-refractivity contribution is 0.0913. The fraction of sp³-hybridized carbons (Fsp3) is 0.387. The van der Waals surface area contributed by atoms with Gasteiger partial charge in [-0.1, -0.05) is 45.6 Å². The molecule has 3 heterocycles. The van der Waals surface area contributed by atoms with Gasteiger partial charge in [0.25, 0.3) is 0 Å². The lowest BCUT2D eigenvalue weighted by Crippen LogP contribution is -2.26. The van der Waals surface area contributed by atoms with E-state index in [9.17, 15) is 4.79 Å². The summed E-state index contributed by atoms with van der Waals surface area (Å²) in [7, 11) is 2.18. The molecule has 0 fully saturated rings. The van der Waals surface area contributed by atoms with E-state index in [2.05, 4.69) is 81.6 Å². The first-order valence-corrected chi connectivity index (χ1v) is 15.8. The maximum absolute atomic E-state index is 13.8. The summed E-state index contributed by atoms with van der Waals surface area (Å²) in [6.45, 7) is 16.8. The molecule has 196 valence electrons. The second kappa shape index (κ2) is 11.3. The topological polar surface area (TPSA) is 26.9 Å². The molecule has 3 unspecified atom stereocenters. The van der Waals surface area contributed by atoms with E-state index in [0.717, 1.165) is 27.6 Å². The number of carbonyl (C=O) groups excluding carboxylic acids is 1. The Morgan fingerprint density at radius 3 is 2.35 bits per heavy atom. The third kappa shape index (κ3) is 5.13. The molecule has 6 heteroatoms. The lowest BCUT2D eigenvalue weighted by Gasteiger charge is -2.30. The zero-order valence-corrected chi connectivity index (χ0v) is 25.7. The number of hydrogen-bond acceptors (Lipinski definition) is 4. The number of carbonyl (C=O) groups is 1. The quantitative estimate of drug-likeness (QED) is 0.261. The molecule has 0 radical (unpaired) electrons. The number of rotatable bonds is 8. The Balaban J connectivity index is 1.84. The van der Waals surface area contributed by atoms with Gasteiger partial charge >= 0.3 is 0 Å². The summed E-state index contributed by atoms with van der Waals surface area (Å²) in [6, 6.07) is 6.89. The minimum Gasteiger partial charge on any atom is -0.343 e. The van der Waals surface area contributed by atoms with Gasteiger partial charge in [-0.25, -0.2) is 0 Å². The van der Waals surface area contributed by atoms with E-state index in [1.54, 1.807) is 11.8 Å². The molecule has 0 saturated carbocycles. The van der Waals surface area contributed by atoms with Crippen LogP contribution in [-0.2, 0) is 13.5 Å². The summed E-state index contributed by atoms with van der Waals surface area (Å²) in [6.07, 6.45) is 11.8. The van der Waals surface area contributed by atoms with Gasteiger partial charge in [0.05, 0.1) is 26.9 Å². The van der Waals surface area contributed by atoms with E-state index < -0.39 is 0 Å². The van der Waals surface area contributed by atoms with Gasteiger partial charge in [0.1, 0.15) is 0 Å².